The molecule has 0 N–H and O–H groups in total. The minimum atomic E-state index is -3.68. The van der Waals surface area contributed by atoms with Crippen LogP contribution >= 0.6 is 11.6 Å². The van der Waals surface area contributed by atoms with Crippen LogP contribution in [0.15, 0.2) is 65.8 Å². The molecule has 0 saturated carbocycles. The molecule has 3 aromatic rings. The minimum absolute atomic E-state index is 0.146. The van der Waals surface area contributed by atoms with E-state index in [-0.39, 0.29) is 18.0 Å². The van der Waals surface area contributed by atoms with Crippen molar-refractivity contribution in [1.29, 1.82) is 0 Å². The number of hydrogen-bond donors (Lipinski definition) is 0. The van der Waals surface area contributed by atoms with E-state index in [2.05, 4.69) is 4.98 Å². The molecule has 2 aromatic carbocycles. The van der Waals surface area contributed by atoms with Crippen LogP contribution in [0.4, 0.5) is 0 Å². The number of halogens is 1. The summed E-state index contributed by atoms with van der Waals surface area (Å²) in [4.78, 5) is 4.64. The van der Waals surface area contributed by atoms with Crippen LogP contribution in [0, 0.1) is 6.92 Å². The Labute approximate surface area is 176 Å². The molecule has 0 saturated heterocycles. The lowest BCUT2D eigenvalue weighted by Gasteiger charge is -2.22. The molecule has 0 amide bonds. The van der Waals surface area contributed by atoms with E-state index in [9.17, 15) is 8.42 Å². The number of hydrogen-bond acceptors (Lipinski definition) is 4. The van der Waals surface area contributed by atoms with Gasteiger partial charge in [0.15, 0.2) is 0 Å². The molecular formula is C21H24ClN3O3S. The van der Waals surface area contributed by atoms with Gasteiger partial charge in [-0.25, -0.2) is 13.4 Å². The second kappa shape index (κ2) is 9.54. The van der Waals surface area contributed by atoms with Crippen LogP contribution in [0.2, 0.25) is 5.02 Å². The largest absolute Gasteiger partial charge is 0.383 e. The second-order valence-corrected chi connectivity index (χ2v) is 9.12. The molecule has 3 rings (SSSR count). The Bertz CT molecular complexity index is 1050. The lowest BCUT2D eigenvalue weighted by Crippen LogP contribution is -2.34. The maximum absolute atomic E-state index is 13.2. The maximum atomic E-state index is 13.2. The van der Waals surface area contributed by atoms with Crippen LogP contribution in [0.1, 0.15) is 17.0 Å². The van der Waals surface area contributed by atoms with E-state index in [4.69, 9.17) is 16.3 Å². The molecule has 154 valence electrons. The summed E-state index contributed by atoms with van der Waals surface area (Å²) in [6.45, 7) is 3.15. The Morgan fingerprint density at radius 2 is 1.93 bits per heavy atom. The molecule has 1 heterocycles. The molecular weight excluding hydrogens is 410 g/mol. The van der Waals surface area contributed by atoms with E-state index in [1.54, 1.807) is 37.6 Å². The molecule has 0 bridgehead atoms. The van der Waals surface area contributed by atoms with Crippen molar-refractivity contribution < 1.29 is 13.2 Å². The van der Waals surface area contributed by atoms with Crippen LogP contribution in [0.3, 0.4) is 0 Å². The SMILES string of the molecule is COCCN(Cc1nccn1Cc1cccc(Cl)c1)S(=O)(=O)c1ccc(C)cc1. The van der Waals surface area contributed by atoms with E-state index in [0.29, 0.717) is 24.0 Å². The van der Waals surface area contributed by atoms with Crippen LogP contribution in [0.5, 0.6) is 0 Å². The van der Waals surface area contributed by atoms with Gasteiger partial charge in [-0.3, -0.25) is 0 Å². The van der Waals surface area contributed by atoms with E-state index in [0.717, 1.165) is 11.1 Å². The van der Waals surface area contributed by atoms with Crippen LogP contribution < -0.4 is 0 Å². The van der Waals surface area contributed by atoms with Gasteiger partial charge in [-0.2, -0.15) is 4.31 Å². The van der Waals surface area contributed by atoms with Crippen molar-refractivity contribution in [2.75, 3.05) is 20.3 Å². The van der Waals surface area contributed by atoms with E-state index in [1.165, 1.54) is 4.31 Å². The lowest BCUT2D eigenvalue weighted by molar-refractivity contribution is 0.176. The predicted octanol–water partition coefficient (Wildman–Crippen LogP) is 3.73. The zero-order valence-corrected chi connectivity index (χ0v) is 18.0. The topological polar surface area (TPSA) is 64.4 Å². The van der Waals surface area contributed by atoms with Crippen molar-refractivity contribution in [2.45, 2.75) is 24.9 Å². The van der Waals surface area contributed by atoms with Gasteiger partial charge in [-0.1, -0.05) is 41.4 Å². The summed E-state index contributed by atoms with van der Waals surface area (Å²) in [5, 5.41) is 0.660. The summed E-state index contributed by atoms with van der Waals surface area (Å²) in [7, 11) is -2.13. The van der Waals surface area contributed by atoms with Gasteiger partial charge in [0.05, 0.1) is 18.0 Å². The van der Waals surface area contributed by atoms with Gasteiger partial charge in [-0.05, 0) is 36.8 Å². The molecule has 0 spiro atoms. The number of aromatic nitrogens is 2. The smallest absolute Gasteiger partial charge is 0.243 e. The molecule has 29 heavy (non-hydrogen) atoms. The van der Waals surface area contributed by atoms with Gasteiger partial charge in [-0.15, -0.1) is 0 Å². The lowest BCUT2D eigenvalue weighted by atomic mass is 10.2. The summed E-state index contributed by atoms with van der Waals surface area (Å²) in [6, 6.07) is 14.4. The van der Waals surface area contributed by atoms with Gasteiger partial charge in [0.1, 0.15) is 5.82 Å². The van der Waals surface area contributed by atoms with Crippen molar-refractivity contribution in [3.63, 3.8) is 0 Å². The first-order valence-corrected chi connectivity index (χ1v) is 11.0. The molecule has 0 atom stereocenters. The zero-order chi connectivity index (χ0) is 20.9. The third kappa shape index (κ3) is 5.45. The Morgan fingerprint density at radius 1 is 1.17 bits per heavy atom. The van der Waals surface area contributed by atoms with Crippen LogP contribution in [0.25, 0.3) is 0 Å². The number of methoxy groups -OCH3 is 1. The Kier molecular flexibility index (Phi) is 7.08. The fourth-order valence-corrected chi connectivity index (χ4v) is 4.55. The molecule has 0 aliphatic heterocycles. The minimum Gasteiger partial charge on any atom is -0.383 e. The summed E-state index contributed by atoms with van der Waals surface area (Å²) in [5.74, 6) is 0.650. The van der Waals surface area contributed by atoms with Crippen LogP contribution in [-0.4, -0.2) is 42.5 Å². The molecule has 1 aromatic heterocycles. The Balaban J connectivity index is 1.86. The third-order valence-corrected chi connectivity index (χ3v) is 6.66. The van der Waals surface area contributed by atoms with Crippen LogP contribution in [-0.2, 0) is 27.8 Å². The second-order valence-electron chi connectivity index (χ2n) is 6.75. The summed E-state index contributed by atoms with van der Waals surface area (Å²) < 4.78 is 34.9. The zero-order valence-electron chi connectivity index (χ0n) is 16.5. The first-order chi connectivity index (χ1) is 13.9. The molecule has 0 aliphatic carbocycles. The number of nitrogens with zero attached hydrogens (tertiary/aromatic N) is 3. The summed E-state index contributed by atoms with van der Waals surface area (Å²) in [5.41, 5.74) is 2.02. The Morgan fingerprint density at radius 3 is 2.62 bits per heavy atom. The van der Waals surface area contributed by atoms with Crippen molar-refractivity contribution in [3.05, 3.63) is 82.9 Å². The average Bonchev–Trinajstić information content (AvgIpc) is 3.12. The molecule has 0 radical (unpaired) electrons. The van der Waals surface area contributed by atoms with Gasteiger partial charge in [0, 0.05) is 37.6 Å². The molecule has 6 nitrogen and oxygen atoms in total. The quantitative estimate of drug-likeness (QED) is 0.515. The number of sulfonamides is 1. The number of rotatable bonds is 9. The number of benzene rings is 2. The van der Waals surface area contributed by atoms with Gasteiger partial charge in [0.25, 0.3) is 0 Å². The number of ether oxygens (including phenoxy) is 1. The van der Waals surface area contributed by atoms with Crippen molar-refractivity contribution >= 4 is 21.6 Å². The van der Waals surface area contributed by atoms with Gasteiger partial charge >= 0.3 is 0 Å². The number of imidazole rings is 1. The van der Waals surface area contributed by atoms with Crippen molar-refractivity contribution in [1.82, 2.24) is 13.9 Å². The normalized spacial score (nSPS) is 11.9. The molecule has 0 fully saturated rings. The maximum Gasteiger partial charge on any atom is 0.243 e. The summed E-state index contributed by atoms with van der Waals surface area (Å²) in [6.07, 6.45) is 3.51. The molecule has 0 aliphatic rings. The van der Waals surface area contributed by atoms with Crippen molar-refractivity contribution in [2.24, 2.45) is 0 Å². The fourth-order valence-electron chi connectivity index (χ4n) is 2.96. The van der Waals surface area contributed by atoms with Gasteiger partial charge < -0.3 is 9.30 Å². The monoisotopic (exact) mass is 433 g/mol. The molecule has 8 heteroatoms. The highest BCUT2D eigenvalue weighted by Gasteiger charge is 2.26. The Hall–Kier alpha value is -2.19. The van der Waals surface area contributed by atoms with E-state index < -0.39 is 10.0 Å². The first kappa shape index (κ1) is 21.5. The third-order valence-electron chi connectivity index (χ3n) is 4.56. The highest BCUT2D eigenvalue weighted by Crippen LogP contribution is 2.19. The highest BCUT2D eigenvalue weighted by atomic mass is 35.5. The number of aryl methyl sites for hydroxylation is 1. The molecule has 0 unspecified atom stereocenters. The van der Waals surface area contributed by atoms with Crippen molar-refractivity contribution in [3.8, 4) is 0 Å². The predicted molar refractivity (Wildman–Crippen MR) is 113 cm³/mol. The van der Waals surface area contributed by atoms with E-state index >= 15 is 0 Å². The van der Waals surface area contributed by atoms with E-state index in [1.807, 2.05) is 42.0 Å². The fraction of sp³-hybridized carbons (Fsp3) is 0.286. The first-order valence-electron chi connectivity index (χ1n) is 9.20. The summed E-state index contributed by atoms with van der Waals surface area (Å²) >= 11 is 6.08. The average molecular weight is 434 g/mol. The highest BCUT2D eigenvalue weighted by molar-refractivity contribution is 7.89. The standard InChI is InChI=1S/C21H24ClN3O3S/c1-17-6-8-20(9-7-17)29(26,27)25(12-13-28-2)16-21-23-10-11-24(21)15-18-4-3-5-19(22)14-18/h3-11,14H,12-13,15-16H2,1-2H3. The van der Waals surface area contributed by atoms with Gasteiger partial charge in [0.2, 0.25) is 10.0 Å².